The Bertz CT molecular complexity index is 857. The zero-order valence-electron chi connectivity index (χ0n) is 19.1. The van der Waals surface area contributed by atoms with Crippen molar-refractivity contribution in [2.45, 2.75) is 58.6 Å². The summed E-state index contributed by atoms with van der Waals surface area (Å²) in [5, 5.41) is 2.89. The number of hydrogen-bond donors (Lipinski definition) is 1. The Kier molecular flexibility index (Phi) is 11.0. The number of carbonyl (C=O) groups excluding carboxylic acids is 3. The minimum Gasteiger partial charge on any atom is -0.459 e. The molecule has 2 aromatic carbocycles. The number of benzene rings is 2. The van der Waals surface area contributed by atoms with E-state index in [2.05, 4.69) is 5.32 Å². The fourth-order valence-corrected chi connectivity index (χ4v) is 4.26. The molecule has 172 valence electrons. The minimum absolute atomic E-state index is 0.0344. The number of ether oxygens (including phenoxy) is 1. The summed E-state index contributed by atoms with van der Waals surface area (Å²) in [7, 11) is 0. The van der Waals surface area contributed by atoms with Gasteiger partial charge in [0.25, 0.3) is 0 Å². The van der Waals surface area contributed by atoms with Gasteiger partial charge < -0.3 is 10.1 Å². The highest BCUT2D eigenvalue weighted by atomic mass is 32.2. The second-order valence-electron chi connectivity index (χ2n) is 7.91. The van der Waals surface area contributed by atoms with Gasteiger partial charge in [-0.3, -0.25) is 9.59 Å². The summed E-state index contributed by atoms with van der Waals surface area (Å²) in [6.07, 6.45) is 2.22. The van der Waals surface area contributed by atoms with Crippen LogP contribution in [0.15, 0.2) is 60.7 Å². The lowest BCUT2D eigenvalue weighted by molar-refractivity contribution is -0.149. The monoisotopic (exact) mass is 455 g/mol. The van der Waals surface area contributed by atoms with Crippen LogP contribution >= 0.6 is 11.8 Å². The van der Waals surface area contributed by atoms with E-state index in [0.29, 0.717) is 12.2 Å². The lowest BCUT2D eigenvalue weighted by Crippen LogP contribution is -2.46. The van der Waals surface area contributed by atoms with E-state index in [9.17, 15) is 14.4 Å². The first kappa shape index (κ1) is 25.7. The molecule has 0 bridgehead atoms. The van der Waals surface area contributed by atoms with Crippen LogP contribution in [0.5, 0.6) is 0 Å². The molecular weight excluding hydrogens is 422 g/mol. The standard InChI is InChI=1S/C26H33NO4S/c1-4-5-16-24(26(30)31-17-21-12-8-6-9-13-21)27-25(29)23(18-32-20(3)28)19(2)22-14-10-7-11-15-22/h6-15,19,23-24H,4-5,16-18H2,1-3H3,(H,27,29). The number of rotatable bonds is 12. The van der Waals surface area contributed by atoms with Crippen molar-refractivity contribution in [3.8, 4) is 0 Å². The van der Waals surface area contributed by atoms with Crippen LogP contribution in [0.25, 0.3) is 0 Å². The summed E-state index contributed by atoms with van der Waals surface area (Å²) in [5.41, 5.74) is 1.92. The molecule has 0 radical (unpaired) electrons. The van der Waals surface area contributed by atoms with Crippen LogP contribution in [0.3, 0.4) is 0 Å². The van der Waals surface area contributed by atoms with Gasteiger partial charge in [-0.1, -0.05) is 99.1 Å². The summed E-state index contributed by atoms with van der Waals surface area (Å²) < 4.78 is 5.50. The Labute approximate surface area is 195 Å². The summed E-state index contributed by atoms with van der Waals surface area (Å²) >= 11 is 1.14. The molecule has 2 rings (SSSR count). The van der Waals surface area contributed by atoms with E-state index in [4.69, 9.17) is 4.74 Å². The van der Waals surface area contributed by atoms with Gasteiger partial charge >= 0.3 is 5.97 Å². The maximum Gasteiger partial charge on any atom is 0.328 e. The zero-order valence-corrected chi connectivity index (χ0v) is 19.9. The molecule has 3 atom stereocenters. The molecule has 2 aromatic rings. The van der Waals surface area contributed by atoms with E-state index < -0.39 is 17.9 Å². The number of hydrogen-bond acceptors (Lipinski definition) is 5. The van der Waals surface area contributed by atoms with Crippen molar-refractivity contribution in [2.24, 2.45) is 5.92 Å². The number of esters is 1. The van der Waals surface area contributed by atoms with Crippen LogP contribution < -0.4 is 5.32 Å². The molecule has 0 aliphatic carbocycles. The van der Waals surface area contributed by atoms with E-state index in [1.54, 1.807) is 0 Å². The third-order valence-corrected chi connectivity index (χ3v) is 6.34. The van der Waals surface area contributed by atoms with Crippen molar-refractivity contribution in [1.29, 1.82) is 0 Å². The van der Waals surface area contributed by atoms with E-state index >= 15 is 0 Å². The Balaban J connectivity index is 2.11. The van der Waals surface area contributed by atoms with Crippen molar-refractivity contribution in [3.63, 3.8) is 0 Å². The molecule has 0 saturated heterocycles. The van der Waals surface area contributed by atoms with Crippen molar-refractivity contribution in [3.05, 3.63) is 71.8 Å². The van der Waals surface area contributed by atoms with Gasteiger partial charge in [0.1, 0.15) is 12.6 Å². The van der Waals surface area contributed by atoms with E-state index in [-0.39, 0.29) is 23.5 Å². The van der Waals surface area contributed by atoms with Gasteiger partial charge in [-0.25, -0.2) is 4.79 Å². The number of unbranched alkanes of at least 4 members (excludes halogenated alkanes) is 1. The van der Waals surface area contributed by atoms with Crippen LogP contribution in [-0.4, -0.2) is 28.8 Å². The van der Waals surface area contributed by atoms with Gasteiger partial charge in [0.05, 0.1) is 5.92 Å². The molecule has 0 fully saturated rings. The van der Waals surface area contributed by atoms with Crippen molar-refractivity contribution < 1.29 is 19.1 Å². The highest BCUT2D eigenvalue weighted by Gasteiger charge is 2.31. The first-order valence-corrected chi connectivity index (χ1v) is 12.1. The first-order chi connectivity index (χ1) is 15.4. The molecule has 0 heterocycles. The molecule has 0 saturated carbocycles. The van der Waals surface area contributed by atoms with E-state index in [0.717, 1.165) is 35.7 Å². The zero-order chi connectivity index (χ0) is 23.3. The topological polar surface area (TPSA) is 72.5 Å². The van der Waals surface area contributed by atoms with Crippen LogP contribution in [0.4, 0.5) is 0 Å². The number of carbonyl (C=O) groups is 3. The largest absolute Gasteiger partial charge is 0.459 e. The minimum atomic E-state index is -0.709. The van der Waals surface area contributed by atoms with Crippen LogP contribution in [-0.2, 0) is 25.7 Å². The van der Waals surface area contributed by atoms with Gasteiger partial charge in [-0.2, -0.15) is 0 Å². The predicted octanol–water partition coefficient (Wildman–Crippen LogP) is 5.10. The smallest absolute Gasteiger partial charge is 0.328 e. The van der Waals surface area contributed by atoms with Gasteiger partial charge in [0.2, 0.25) is 5.91 Å². The number of thioether (sulfide) groups is 1. The molecule has 3 unspecified atom stereocenters. The fourth-order valence-electron chi connectivity index (χ4n) is 3.41. The maximum absolute atomic E-state index is 13.3. The summed E-state index contributed by atoms with van der Waals surface area (Å²) in [6.45, 7) is 5.69. The highest BCUT2D eigenvalue weighted by molar-refractivity contribution is 8.13. The molecule has 6 heteroatoms. The molecular formula is C26H33NO4S. The van der Waals surface area contributed by atoms with Gasteiger partial charge in [0, 0.05) is 12.7 Å². The van der Waals surface area contributed by atoms with Crippen LogP contribution in [0, 0.1) is 5.92 Å². The van der Waals surface area contributed by atoms with E-state index in [1.165, 1.54) is 6.92 Å². The predicted molar refractivity (Wildman–Crippen MR) is 129 cm³/mol. The third-order valence-electron chi connectivity index (χ3n) is 5.40. The van der Waals surface area contributed by atoms with Crippen molar-refractivity contribution >= 4 is 28.8 Å². The summed E-state index contributed by atoms with van der Waals surface area (Å²) in [4.78, 5) is 37.6. The maximum atomic E-state index is 13.3. The van der Waals surface area contributed by atoms with Gasteiger partial charge in [-0.15, -0.1) is 0 Å². The van der Waals surface area contributed by atoms with Gasteiger partial charge in [0.15, 0.2) is 5.12 Å². The molecule has 0 spiro atoms. The normalized spacial score (nSPS) is 13.6. The average Bonchev–Trinajstić information content (AvgIpc) is 2.81. The Morgan fingerprint density at radius 1 is 1.00 bits per heavy atom. The molecule has 5 nitrogen and oxygen atoms in total. The lowest BCUT2D eigenvalue weighted by atomic mass is 9.88. The van der Waals surface area contributed by atoms with Gasteiger partial charge in [-0.05, 0) is 23.5 Å². The molecule has 1 N–H and O–H groups in total. The fraction of sp³-hybridized carbons (Fsp3) is 0.423. The van der Waals surface area contributed by atoms with Crippen molar-refractivity contribution in [2.75, 3.05) is 5.75 Å². The van der Waals surface area contributed by atoms with Crippen LogP contribution in [0.1, 0.15) is 57.1 Å². The number of nitrogens with one attached hydrogen (secondary N) is 1. The Morgan fingerprint density at radius 2 is 1.62 bits per heavy atom. The van der Waals surface area contributed by atoms with Crippen LogP contribution in [0.2, 0.25) is 0 Å². The Morgan fingerprint density at radius 3 is 2.22 bits per heavy atom. The summed E-state index contributed by atoms with van der Waals surface area (Å²) in [5.74, 6) is -0.849. The molecule has 0 aliphatic heterocycles. The third kappa shape index (κ3) is 8.50. The average molecular weight is 456 g/mol. The summed E-state index contributed by atoms with van der Waals surface area (Å²) in [6, 6.07) is 18.5. The SMILES string of the molecule is CCCCC(NC(=O)C(CSC(C)=O)C(C)c1ccccc1)C(=O)OCc1ccccc1. The lowest BCUT2D eigenvalue weighted by Gasteiger charge is -2.26. The molecule has 0 aromatic heterocycles. The molecule has 0 aliphatic rings. The van der Waals surface area contributed by atoms with Crippen molar-refractivity contribution in [1.82, 2.24) is 5.32 Å². The molecule has 32 heavy (non-hydrogen) atoms. The highest BCUT2D eigenvalue weighted by Crippen LogP contribution is 2.28. The first-order valence-electron chi connectivity index (χ1n) is 11.1. The number of amides is 1. The quantitative estimate of drug-likeness (QED) is 0.451. The molecule has 1 amide bonds. The second kappa shape index (κ2) is 13.7. The van der Waals surface area contributed by atoms with E-state index in [1.807, 2.05) is 74.5 Å². The second-order valence-corrected chi connectivity index (χ2v) is 9.10. The Hall–Kier alpha value is -2.60.